The van der Waals surface area contributed by atoms with E-state index in [0.717, 1.165) is 5.82 Å². The molecule has 3 aromatic rings. The quantitative estimate of drug-likeness (QED) is 0.607. The van der Waals surface area contributed by atoms with Crippen LogP contribution in [0.3, 0.4) is 0 Å². The van der Waals surface area contributed by atoms with Gasteiger partial charge in [-0.3, -0.25) is 0 Å². The Balaban J connectivity index is 1.44. The van der Waals surface area contributed by atoms with Crippen molar-refractivity contribution in [3.05, 3.63) is 18.5 Å². The topological polar surface area (TPSA) is 120 Å². The standard InChI is InChI=1S/C20H26N8O4/c1-5-28-19-16(24-25-28)18(21-12-22-19)26-6-8-27(9-7-26)20(29)23-13-10-14(30-2)17(32-4)15(11-13)31-3/h10-12H,5-9H2,1-4H3,(H,23,29). The second-order valence-electron chi connectivity index (χ2n) is 7.09. The van der Waals surface area contributed by atoms with E-state index < -0.39 is 0 Å². The lowest BCUT2D eigenvalue weighted by Crippen LogP contribution is -2.50. The fraction of sp³-hybridized carbons (Fsp3) is 0.450. The maximum atomic E-state index is 12.9. The van der Waals surface area contributed by atoms with Crippen LogP contribution in [0.15, 0.2) is 18.5 Å². The van der Waals surface area contributed by atoms with Gasteiger partial charge in [-0.05, 0) is 6.92 Å². The number of nitrogens with one attached hydrogen (secondary N) is 1. The van der Waals surface area contributed by atoms with Crippen molar-refractivity contribution in [2.24, 2.45) is 0 Å². The van der Waals surface area contributed by atoms with Gasteiger partial charge in [-0.25, -0.2) is 19.4 Å². The third kappa shape index (κ3) is 3.90. The third-order valence-electron chi connectivity index (χ3n) is 5.36. The number of ether oxygens (including phenoxy) is 3. The van der Waals surface area contributed by atoms with E-state index in [2.05, 4.69) is 30.5 Å². The third-order valence-corrected chi connectivity index (χ3v) is 5.36. The first-order chi connectivity index (χ1) is 15.6. The lowest BCUT2D eigenvalue weighted by molar-refractivity contribution is 0.208. The number of carbonyl (C=O) groups is 1. The van der Waals surface area contributed by atoms with Gasteiger partial charge in [0.1, 0.15) is 6.33 Å². The molecule has 1 aromatic carbocycles. The molecule has 12 heteroatoms. The van der Waals surface area contributed by atoms with Crippen molar-refractivity contribution in [3.63, 3.8) is 0 Å². The van der Waals surface area contributed by atoms with Crippen LogP contribution >= 0.6 is 0 Å². The summed E-state index contributed by atoms with van der Waals surface area (Å²) in [6.45, 7) is 4.97. The van der Waals surface area contributed by atoms with Crippen LogP contribution in [-0.4, -0.2) is 83.4 Å². The second-order valence-corrected chi connectivity index (χ2v) is 7.09. The Labute approximate surface area is 185 Å². The summed E-state index contributed by atoms with van der Waals surface area (Å²) in [5, 5.41) is 11.3. The molecule has 1 N–H and O–H groups in total. The number of methoxy groups -OCH3 is 3. The summed E-state index contributed by atoms with van der Waals surface area (Å²) in [6, 6.07) is 3.19. The summed E-state index contributed by atoms with van der Waals surface area (Å²) < 4.78 is 17.8. The van der Waals surface area contributed by atoms with Crippen molar-refractivity contribution in [1.29, 1.82) is 0 Å². The highest BCUT2D eigenvalue weighted by atomic mass is 16.5. The number of hydrogen-bond donors (Lipinski definition) is 1. The van der Waals surface area contributed by atoms with Gasteiger partial charge in [0.25, 0.3) is 0 Å². The molecule has 0 radical (unpaired) electrons. The molecule has 2 aromatic heterocycles. The van der Waals surface area contributed by atoms with Gasteiger partial charge in [-0.1, -0.05) is 5.21 Å². The fourth-order valence-electron chi connectivity index (χ4n) is 3.70. The summed E-state index contributed by atoms with van der Waals surface area (Å²) in [6.07, 6.45) is 1.52. The summed E-state index contributed by atoms with van der Waals surface area (Å²) in [5.41, 5.74) is 1.94. The Morgan fingerprint density at radius 1 is 1.03 bits per heavy atom. The van der Waals surface area contributed by atoms with Crippen molar-refractivity contribution in [1.82, 2.24) is 29.9 Å². The molecule has 0 atom stereocenters. The molecule has 1 aliphatic heterocycles. The average molecular weight is 442 g/mol. The number of nitrogens with zero attached hydrogens (tertiary/aromatic N) is 7. The lowest BCUT2D eigenvalue weighted by atomic mass is 10.2. The Morgan fingerprint density at radius 2 is 1.72 bits per heavy atom. The highest BCUT2D eigenvalue weighted by Gasteiger charge is 2.25. The number of benzene rings is 1. The van der Waals surface area contributed by atoms with E-state index in [0.29, 0.717) is 66.8 Å². The minimum Gasteiger partial charge on any atom is -0.493 e. The Bertz CT molecular complexity index is 1090. The lowest BCUT2D eigenvalue weighted by Gasteiger charge is -2.35. The van der Waals surface area contributed by atoms with E-state index in [1.54, 1.807) is 21.7 Å². The molecule has 0 saturated carbocycles. The first kappa shape index (κ1) is 21.4. The molecule has 1 fully saturated rings. The average Bonchev–Trinajstić information content (AvgIpc) is 3.26. The van der Waals surface area contributed by atoms with E-state index in [-0.39, 0.29) is 6.03 Å². The molecule has 4 rings (SSSR count). The van der Waals surface area contributed by atoms with Crippen LogP contribution in [0, 0.1) is 0 Å². The first-order valence-corrected chi connectivity index (χ1v) is 10.2. The van der Waals surface area contributed by atoms with Crippen LogP contribution in [0.2, 0.25) is 0 Å². The molecule has 0 unspecified atom stereocenters. The normalized spacial score (nSPS) is 13.9. The van der Waals surface area contributed by atoms with Crippen LogP contribution in [0.5, 0.6) is 17.2 Å². The minimum atomic E-state index is -0.205. The maximum Gasteiger partial charge on any atom is 0.321 e. The Kier molecular flexibility index (Phi) is 6.10. The maximum absolute atomic E-state index is 12.9. The zero-order valence-electron chi connectivity index (χ0n) is 18.5. The number of aromatic nitrogens is 5. The van der Waals surface area contributed by atoms with Crippen LogP contribution in [-0.2, 0) is 6.54 Å². The monoisotopic (exact) mass is 442 g/mol. The molecule has 1 saturated heterocycles. The molecule has 12 nitrogen and oxygen atoms in total. The van der Waals surface area contributed by atoms with E-state index in [4.69, 9.17) is 14.2 Å². The number of piperazine rings is 1. The molecule has 1 aliphatic rings. The number of hydrogen-bond acceptors (Lipinski definition) is 9. The highest BCUT2D eigenvalue weighted by molar-refractivity contribution is 5.90. The van der Waals surface area contributed by atoms with Crippen molar-refractivity contribution < 1.29 is 19.0 Å². The van der Waals surface area contributed by atoms with E-state index in [9.17, 15) is 4.79 Å². The van der Waals surface area contributed by atoms with E-state index >= 15 is 0 Å². The second kappa shape index (κ2) is 9.12. The van der Waals surface area contributed by atoms with Crippen LogP contribution < -0.4 is 24.4 Å². The van der Waals surface area contributed by atoms with Crippen LogP contribution in [0.25, 0.3) is 11.2 Å². The summed E-state index contributed by atoms with van der Waals surface area (Å²) in [7, 11) is 4.60. The summed E-state index contributed by atoms with van der Waals surface area (Å²) in [5.74, 6) is 2.15. The highest BCUT2D eigenvalue weighted by Crippen LogP contribution is 2.40. The fourth-order valence-corrected chi connectivity index (χ4v) is 3.70. The molecule has 2 amide bonds. The van der Waals surface area contributed by atoms with Crippen molar-refractivity contribution in [3.8, 4) is 17.2 Å². The predicted octanol–water partition coefficient (Wildman–Crippen LogP) is 1.62. The van der Waals surface area contributed by atoms with Gasteiger partial charge in [0.15, 0.2) is 28.5 Å². The first-order valence-electron chi connectivity index (χ1n) is 10.2. The largest absolute Gasteiger partial charge is 0.493 e. The number of fused-ring (bicyclic) bond motifs is 1. The molecule has 0 spiro atoms. The SMILES string of the molecule is CCn1nnc2c(N3CCN(C(=O)Nc4cc(OC)c(OC)c(OC)c4)CC3)ncnc21. The Hall–Kier alpha value is -3.83. The number of amides is 2. The van der Waals surface area contributed by atoms with Crippen LogP contribution in [0.1, 0.15) is 6.92 Å². The molecule has 0 bridgehead atoms. The number of carbonyl (C=O) groups excluding carboxylic acids is 1. The summed E-state index contributed by atoms with van der Waals surface area (Å²) >= 11 is 0. The number of rotatable bonds is 6. The van der Waals surface area contributed by atoms with Crippen molar-refractivity contribution in [2.45, 2.75) is 13.5 Å². The van der Waals surface area contributed by atoms with Gasteiger partial charge in [0.05, 0.1) is 27.0 Å². The molecule has 3 heterocycles. The number of anilines is 2. The van der Waals surface area contributed by atoms with Gasteiger partial charge in [-0.2, -0.15) is 0 Å². The predicted molar refractivity (Wildman–Crippen MR) is 118 cm³/mol. The summed E-state index contributed by atoms with van der Waals surface area (Å²) in [4.78, 5) is 25.4. The molecule has 32 heavy (non-hydrogen) atoms. The zero-order valence-corrected chi connectivity index (χ0v) is 18.5. The van der Waals surface area contributed by atoms with E-state index in [1.807, 2.05) is 6.92 Å². The molecule has 0 aliphatic carbocycles. The van der Waals surface area contributed by atoms with Gasteiger partial charge < -0.3 is 29.3 Å². The zero-order chi connectivity index (χ0) is 22.7. The molecule has 170 valence electrons. The molecular formula is C20H26N8O4. The number of aryl methyl sites for hydroxylation is 1. The van der Waals surface area contributed by atoms with Crippen LogP contribution in [0.4, 0.5) is 16.3 Å². The Morgan fingerprint density at radius 3 is 2.31 bits per heavy atom. The molecular weight excluding hydrogens is 416 g/mol. The van der Waals surface area contributed by atoms with Gasteiger partial charge in [0, 0.05) is 44.9 Å². The van der Waals surface area contributed by atoms with E-state index in [1.165, 1.54) is 27.7 Å². The van der Waals surface area contributed by atoms with Gasteiger partial charge in [-0.15, -0.1) is 5.10 Å². The van der Waals surface area contributed by atoms with Gasteiger partial charge in [0.2, 0.25) is 5.75 Å². The van der Waals surface area contributed by atoms with Gasteiger partial charge >= 0.3 is 6.03 Å². The number of urea groups is 1. The van der Waals surface area contributed by atoms with Crippen molar-refractivity contribution in [2.75, 3.05) is 57.7 Å². The minimum absolute atomic E-state index is 0.205. The van der Waals surface area contributed by atoms with Crippen molar-refractivity contribution >= 4 is 28.7 Å². The smallest absolute Gasteiger partial charge is 0.321 e.